The molecule has 12 heavy (non-hydrogen) atoms. The van der Waals surface area contributed by atoms with Crippen molar-refractivity contribution in [1.82, 2.24) is 14.6 Å². The van der Waals surface area contributed by atoms with E-state index in [0.717, 1.165) is 15.7 Å². The summed E-state index contributed by atoms with van der Waals surface area (Å²) in [4.78, 5) is 4.06. The Morgan fingerprint density at radius 1 is 1.58 bits per heavy atom. The molecule has 0 atom stereocenters. The van der Waals surface area contributed by atoms with E-state index in [4.69, 9.17) is 11.6 Å². The van der Waals surface area contributed by atoms with E-state index in [2.05, 4.69) is 26.0 Å². The highest BCUT2D eigenvalue weighted by Gasteiger charge is 2.07. The molecule has 0 radical (unpaired) electrons. The molecule has 0 aliphatic carbocycles. The Morgan fingerprint density at radius 2 is 2.33 bits per heavy atom. The highest BCUT2D eigenvalue weighted by Crippen LogP contribution is 2.24. The molecule has 0 amide bonds. The molecule has 0 aromatic carbocycles. The number of fused-ring (bicyclic) bond motifs is 1. The second-order valence-electron chi connectivity index (χ2n) is 2.46. The summed E-state index contributed by atoms with van der Waals surface area (Å²) in [6.45, 7) is 1.96. The van der Waals surface area contributed by atoms with Crippen molar-refractivity contribution < 1.29 is 0 Å². The largest absolute Gasteiger partial charge is 0.214 e. The third kappa shape index (κ3) is 1.03. The summed E-state index contributed by atoms with van der Waals surface area (Å²) in [6, 6.07) is 1.84. The molecule has 5 heteroatoms. The van der Waals surface area contributed by atoms with Crippen LogP contribution >= 0.6 is 27.5 Å². The van der Waals surface area contributed by atoms with Crippen LogP contribution in [0.4, 0.5) is 0 Å². The van der Waals surface area contributed by atoms with E-state index < -0.39 is 0 Å². The molecular weight excluding hydrogens is 241 g/mol. The first-order valence-electron chi connectivity index (χ1n) is 3.34. The SMILES string of the molecule is Cc1cc(Cl)n2ncnc2c1Br. The summed E-state index contributed by atoms with van der Waals surface area (Å²) in [5.41, 5.74) is 1.81. The van der Waals surface area contributed by atoms with E-state index in [1.54, 1.807) is 4.52 Å². The minimum absolute atomic E-state index is 0.572. The average molecular weight is 246 g/mol. The number of aryl methyl sites for hydroxylation is 1. The number of pyridine rings is 1. The van der Waals surface area contributed by atoms with Crippen LogP contribution in [0.1, 0.15) is 5.56 Å². The number of rotatable bonds is 0. The summed E-state index contributed by atoms with van der Waals surface area (Å²) >= 11 is 9.33. The van der Waals surface area contributed by atoms with Gasteiger partial charge in [0.05, 0.1) is 4.47 Å². The monoisotopic (exact) mass is 245 g/mol. The van der Waals surface area contributed by atoms with Crippen molar-refractivity contribution in [3.63, 3.8) is 0 Å². The molecule has 2 heterocycles. The Labute approximate surface area is 82.5 Å². The Hall–Kier alpha value is -0.610. The van der Waals surface area contributed by atoms with Crippen molar-refractivity contribution in [1.29, 1.82) is 0 Å². The van der Waals surface area contributed by atoms with Gasteiger partial charge in [0.15, 0.2) is 5.65 Å². The molecule has 2 aromatic heterocycles. The Balaban J connectivity index is 2.97. The van der Waals surface area contributed by atoms with Gasteiger partial charge in [0.1, 0.15) is 11.5 Å². The van der Waals surface area contributed by atoms with Gasteiger partial charge in [-0.3, -0.25) is 0 Å². The fourth-order valence-electron chi connectivity index (χ4n) is 1.03. The van der Waals surface area contributed by atoms with Crippen LogP contribution in [0.3, 0.4) is 0 Å². The molecule has 0 fully saturated rings. The zero-order chi connectivity index (χ0) is 8.72. The molecule has 0 spiro atoms. The van der Waals surface area contributed by atoms with Gasteiger partial charge in [0, 0.05) is 0 Å². The van der Waals surface area contributed by atoms with E-state index in [1.165, 1.54) is 6.33 Å². The standard InChI is InChI=1S/C7H5BrClN3/c1-4-2-5(9)12-7(6(4)8)10-3-11-12/h2-3H,1H3. The summed E-state index contributed by atoms with van der Waals surface area (Å²) in [6.07, 6.45) is 1.48. The molecule has 0 saturated carbocycles. The van der Waals surface area contributed by atoms with E-state index in [1.807, 2.05) is 13.0 Å². The van der Waals surface area contributed by atoms with Gasteiger partial charge in [-0.15, -0.1) is 0 Å². The number of hydrogen-bond acceptors (Lipinski definition) is 2. The Morgan fingerprint density at radius 3 is 3.08 bits per heavy atom. The van der Waals surface area contributed by atoms with Crippen molar-refractivity contribution in [3.8, 4) is 0 Å². The lowest BCUT2D eigenvalue weighted by atomic mass is 10.3. The average Bonchev–Trinajstić information content (AvgIpc) is 2.48. The normalized spacial score (nSPS) is 10.9. The minimum atomic E-state index is 0.572. The highest BCUT2D eigenvalue weighted by atomic mass is 79.9. The van der Waals surface area contributed by atoms with Gasteiger partial charge in [0.25, 0.3) is 0 Å². The second kappa shape index (κ2) is 2.71. The van der Waals surface area contributed by atoms with E-state index >= 15 is 0 Å². The molecule has 0 bridgehead atoms. The fraction of sp³-hybridized carbons (Fsp3) is 0.143. The maximum Gasteiger partial charge on any atom is 0.171 e. The van der Waals surface area contributed by atoms with Crippen molar-refractivity contribution in [2.45, 2.75) is 6.92 Å². The Bertz CT molecular complexity index is 437. The van der Waals surface area contributed by atoms with Crippen LogP contribution in [0.25, 0.3) is 5.65 Å². The van der Waals surface area contributed by atoms with Crippen molar-refractivity contribution in [2.75, 3.05) is 0 Å². The summed E-state index contributed by atoms with van der Waals surface area (Å²) < 4.78 is 2.52. The molecule has 2 aromatic rings. The maximum absolute atomic E-state index is 5.92. The lowest BCUT2D eigenvalue weighted by Gasteiger charge is -2.01. The van der Waals surface area contributed by atoms with Crippen LogP contribution < -0.4 is 0 Å². The van der Waals surface area contributed by atoms with Crippen molar-refractivity contribution in [2.24, 2.45) is 0 Å². The molecular formula is C7H5BrClN3. The first kappa shape index (κ1) is 8.01. The van der Waals surface area contributed by atoms with Gasteiger partial charge in [-0.25, -0.2) is 9.50 Å². The van der Waals surface area contributed by atoms with Crippen LogP contribution in [0.5, 0.6) is 0 Å². The molecule has 0 saturated heterocycles. The topological polar surface area (TPSA) is 30.2 Å². The highest BCUT2D eigenvalue weighted by molar-refractivity contribution is 9.10. The quantitative estimate of drug-likeness (QED) is 0.669. The predicted molar refractivity (Wildman–Crippen MR) is 50.4 cm³/mol. The summed E-state index contributed by atoms with van der Waals surface area (Å²) in [5.74, 6) is 0. The maximum atomic E-state index is 5.92. The molecule has 0 aliphatic rings. The zero-order valence-corrected chi connectivity index (χ0v) is 8.59. The van der Waals surface area contributed by atoms with Crippen LogP contribution in [0.15, 0.2) is 16.9 Å². The second-order valence-corrected chi connectivity index (χ2v) is 3.64. The predicted octanol–water partition coefficient (Wildman–Crippen LogP) is 2.45. The summed E-state index contributed by atoms with van der Waals surface area (Å²) in [5, 5.41) is 4.54. The molecule has 0 aliphatic heterocycles. The van der Waals surface area contributed by atoms with E-state index in [9.17, 15) is 0 Å². The summed E-state index contributed by atoms with van der Waals surface area (Å²) in [7, 11) is 0. The van der Waals surface area contributed by atoms with Gasteiger partial charge in [0.2, 0.25) is 0 Å². The number of nitrogens with zero attached hydrogens (tertiary/aromatic N) is 3. The molecule has 62 valence electrons. The first-order chi connectivity index (χ1) is 5.70. The van der Waals surface area contributed by atoms with Gasteiger partial charge >= 0.3 is 0 Å². The molecule has 3 nitrogen and oxygen atoms in total. The van der Waals surface area contributed by atoms with Crippen LogP contribution in [-0.2, 0) is 0 Å². The Kier molecular flexibility index (Phi) is 1.81. The molecule has 0 unspecified atom stereocenters. The van der Waals surface area contributed by atoms with Crippen LogP contribution in [0, 0.1) is 6.92 Å². The lowest BCUT2D eigenvalue weighted by Crippen LogP contribution is -1.92. The zero-order valence-electron chi connectivity index (χ0n) is 6.25. The fourth-order valence-corrected chi connectivity index (χ4v) is 1.70. The third-order valence-electron chi connectivity index (χ3n) is 1.63. The lowest BCUT2D eigenvalue weighted by molar-refractivity contribution is 0.955. The third-order valence-corrected chi connectivity index (χ3v) is 2.88. The number of halogens is 2. The van der Waals surface area contributed by atoms with Gasteiger partial charge < -0.3 is 0 Å². The van der Waals surface area contributed by atoms with Gasteiger partial charge in [-0.2, -0.15) is 5.10 Å². The van der Waals surface area contributed by atoms with Crippen molar-refractivity contribution >= 4 is 33.2 Å². The smallest absolute Gasteiger partial charge is 0.171 e. The van der Waals surface area contributed by atoms with Gasteiger partial charge in [-0.1, -0.05) is 11.6 Å². The molecule has 2 rings (SSSR count). The van der Waals surface area contributed by atoms with Crippen LogP contribution in [0.2, 0.25) is 5.15 Å². The van der Waals surface area contributed by atoms with E-state index in [0.29, 0.717) is 5.15 Å². The van der Waals surface area contributed by atoms with Crippen LogP contribution in [-0.4, -0.2) is 14.6 Å². The van der Waals surface area contributed by atoms with Gasteiger partial charge in [-0.05, 0) is 34.5 Å². The molecule has 0 N–H and O–H groups in total. The van der Waals surface area contributed by atoms with Crippen molar-refractivity contribution in [3.05, 3.63) is 27.6 Å². The first-order valence-corrected chi connectivity index (χ1v) is 4.51. The van der Waals surface area contributed by atoms with E-state index in [-0.39, 0.29) is 0 Å². The number of hydrogen-bond donors (Lipinski definition) is 0. The number of aromatic nitrogens is 3. The minimum Gasteiger partial charge on any atom is -0.214 e.